The molecule has 0 radical (unpaired) electrons. The minimum absolute atomic E-state index is 0.749. The summed E-state index contributed by atoms with van der Waals surface area (Å²) in [5.74, 6) is 0.863. The first-order valence-electron chi connectivity index (χ1n) is 6.32. The van der Waals surface area contributed by atoms with E-state index in [9.17, 15) is 0 Å². The molecule has 0 unspecified atom stereocenters. The van der Waals surface area contributed by atoms with Crippen molar-refractivity contribution in [3.05, 3.63) is 32.2 Å². The van der Waals surface area contributed by atoms with Gasteiger partial charge in [0.05, 0.1) is 28.8 Å². The number of aryl methyl sites for hydroxylation is 2. The number of nitrogens with one attached hydrogen (secondary N) is 1. The third-order valence-electron chi connectivity index (χ3n) is 2.73. The Morgan fingerprint density at radius 3 is 2.75 bits per heavy atom. The van der Waals surface area contributed by atoms with Gasteiger partial charge in [0.2, 0.25) is 0 Å². The van der Waals surface area contributed by atoms with Crippen molar-refractivity contribution in [1.29, 1.82) is 0 Å². The fraction of sp³-hybridized carbons (Fsp3) is 0.462. The maximum absolute atomic E-state index is 4.48. The van der Waals surface area contributed by atoms with Crippen LogP contribution in [-0.2, 0) is 13.1 Å². The Kier molecular flexibility index (Phi) is 5.08. The number of aromatic nitrogens is 2. The third-order valence-corrected chi connectivity index (χ3v) is 4.46. The first-order chi connectivity index (χ1) is 9.58. The molecule has 1 N–H and O–H groups in total. The van der Waals surface area contributed by atoms with E-state index in [0.717, 1.165) is 34.8 Å². The average Bonchev–Trinajstić information content (AvgIpc) is 2.99. The second kappa shape index (κ2) is 6.81. The zero-order valence-corrected chi connectivity index (χ0v) is 13.8. The van der Waals surface area contributed by atoms with E-state index in [1.807, 2.05) is 27.1 Å². The van der Waals surface area contributed by atoms with Gasteiger partial charge in [-0.15, -0.1) is 22.7 Å². The number of hydrogen-bond donors (Lipinski definition) is 1. The molecule has 7 heteroatoms. The molecule has 5 nitrogen and oxygen atoms in total. The van der Waals surface area contributed by atoms with E-state index in [-0.39, 0.29) is 0 Å². The van der Waals surface area contributed by atoms with Crippen LogP contribution < -0.4 is 5.32 Å². The molecule has 2 rings (SSSR count). The summed E-state index contributed by atoms with van der Waals surface area (Å²) in [7, 11) is 3.81. The molecule has 0 spiro atoms. The highest BCUT2D eigenvalue weighted by Crippen LogP contribution is 2.12. The van der Waals surface area contributed by atoms with Crippen molar-refractivity contribution in [3.8, 4) is 0 Å². The fourth-order valence-electron chi connectivity index (χ4n) is 1.84. The summed E-state index contributed by atoms with van der Waals surface area (Å²) >= 11 is 3.38. The number of nitrogens with zero attached hydrogens (tertiary/aromatic N) is 4. The number of rotatable bonds is 4. The van der Waals surface area contributed by atoms with Crippen molar-refractivity contribution in [3.63, 3.8) is 0 Å². The van der Waals surface area contributed by atoms with Gasteiger partial charge in [-0.25, -0.2) is 9.97 Å². The molecule has 2 heterocycles. The zero-order valence-electron chi connectivity index (χ0n) is 12.2. The molecule has 0 aliphatic rings. The molecule has 0 fully saturated rings. The molecule has 20 heavy (non-hydrogen) atoms. The molecule has 0 aliphatic heterocycles. The topological polar surface area (TPSA) is 53.4 Å². The highest BCUT2D eigenvalue weighted by Gasteiger charge is 2.09. The summed E-state index contributed by atoms with van der Waals surface area (Å²) in [5, 5.41) is 7.62. The zero-order chi connectivity index (χ0) is 14.5. The van der Waals surface area contributed by atoms with Crippen LogP contribution in [-0.4, -0.2) is 34.9 Å². The van der Waals surface area contributed by atoms with E-state index >= 15 is 0 Å². The number of guanidine groups is 1. The van der Waals surface area contributed by atoms with Gasteiger partial charge >= 0.3 is 0 Å². The second-order valence-corrected chi connectivity index (χ2v) is 6.84. The lowest BCUT2D eigenvalue weighted by molar-refractivity contribution is 0.471. The van der Waals surface area contributed by atoms with Crippen molar-refractivity contribution in [1.82, 2.24) is 20.2 Å². The van der Waals surface area contributed by atoms with E-state index < -0.39 is 0 Å². The summed E-state index contributed by atoms with van der Waals surface area (Å²) in [6, 6.07) is 0. The monoisotopic (exact) mass is 309 g/mol. The number of thiazole rings is 2. The van der Waals surface area contributed by atoms with Crippen LogP contribution in [0.1, 0.15) is 20.6 Å². The molecular weight excluding hydrogens is 290 g/mol. The van der Waals surface area contributed by atoms with E-state index in [1.165, 1.54) is 4.88 Å². The predicted octanol–water partition coefficient (Wildman–Crippen LogP) is 2.42. The molecular formula is C13H19N5S2. The van der Waals surface area contributed by atoms with E-state index in [1.54, 1.807) is 29.7 Å². The Hall–Kier alpha value is -1.47. The molecule has 0 aliphatic carbocycles. The normalized spacial score (nSPS) is 11.7. The predicted molar refractivity (Wildman–Crippen MR) is 85.4 cm³/mol. The highest BCUT2D eigenvalue weighted by molar-refractivity contribution is 7.11. The Balaban J connectivity index is 1.90. The number of hydrogen-bond acceptors (Lipinski definition) is 5. The Bertz CT molecular complexity index is 587. The first-order valence-corrected chi connectivity index (χ1v) is 8.02. The maximum Gasteiger partial charge on any atom is 0.194 e. The molecule has 0 saturated carbocycles. The van der Waals surface area contributed by atoms with Gasteiger partial charge in [-0.05, 0) is 13.8 Å². The summed E-state index contributed by atoms with van der Waals surface area (Å²) in [5.41, 5.74) is 1.08. The Labute approximate surface area is 127 Å². The van der Waals surface area contributed by atoms with Gasteiger partial charge in [-0.2, -0.15) is 0 Å². The summed E-state index contributed by atoms with van der Waals surface area (Å²) in [6.07, 6.45) is 1.91. The minimum Gasteiger partial charge on any atom is -0.351 e. The molecule has 0 saturated heterocycles. The van der Waals surface area contributed by atoms with Gasteiger partial charge in [-0.3, -0.25) is 4.99 Å². The van der Waals surface area contributed by atoms with Crippen LogP contribution in [0.25, 0.3) is 0 Å². The molecule has 0 bridgehead atoms. The van der Waals surface area contributed by atoms with Gasteiger partial charge in [0, 0.05) is 30.5 Å². The SMILES string of the molecule is CN=C(NCc1cnc(C)s1)N(C)Cc1csc(C)n1. The van der Waals surface area contributed by atoms with Crippen molar-refractivity contribution >= 4 is 28.6 Å². The first kappa shape index (κ1) is 14.9. The average molecular weight is 309 g/mol. The van der Waals surface area contributed by atoms with E-state index in [4.69, 9.17) is 0 Å². The molecule has 2 aromatic heterocycles. The quantitative estimate of drug-likeness (QED) is 0.696. The fourth-order valence-corrected chi connectivity index (χ4v) is 3.18. The molecule has 2 aromatic rings. The molecule has 108 valence electrons. The van der Waals surface area contributed by atoms with Crippen molar-refractivity contribution in [2.45, 2.75) is 26.9 Å². The maximum atomic E-state index is 4.48. The lowest BCUT2D eigenvalue weighted by Crippen LogP contribution is -2.37. The lowest BCUT2D eigenvalue weighted by atomic mass is 10.4. The standard InChI is InChI=1S/C13H19N5S2/c1-9-15-5-12(20-9)6-16-13(14-3)18(4)7-11-8-19-10(2)17-11/h5,8H,6-7H2,1-4H3,(H,14,16). The number of aliphatic imine (C=N–C) groups is 1. The minimum atomic E-state index is 0.749. The van der Waals surface area contributed by atoms with Gasteiger partial charge in [0.1, 0.15) is 0 Å². The molecule has 0 atom stereocenters. The van der Waals surface area contributed by atoms with Crippen molar-refractivity contribution < 1.29 is 0 Å². The highest BCUT2D eigenvalue weighted by atomic mass is 32.1. The van der Waals surface area contributed by atoms with E-state index in [2.05, 4.69) is 30.6 Å². The van der Waals surface area contributed by atoms with Crippen LogP contribution in [0.2, 0.25) is 0 Å². The second-order valence-electron chi connectivity index (χ2n) is 4.46. The largest absolute Gasteiger partial charge is 0.351 e. The Morgan fingerprint density at radius 2 is 2.20 bits per heavy atom. The van der Waals surface area contributed by atoms with Gasteiger partial charge in [0.25, 0.3) is 0 Å². The van der Waals surface area contributed by atoms with Gasteiger partial charge < -0.3 is 10.2 Å². The van der Waals surface area contributed by atoms with Crippen molar-refractivity contribution in [2.75, 3.05) is 14.1 Å². The third kappa shape index (κ3) is 4.01. The smallest absolute Gasteiger partial charge is 0.194 e. The van der Waals surface area contributed by atoms with Crippen LogP contribution in [0.5, 0.6) is 0 Å². The summed E-state index contributed by atoms with van der Waals surface area (Å²) in [6.45, 7) is 5.54. The molecule has 0 amide bonds. The van der Waals surface area contributed by atoms with Crippen LogP contribution in [0.15, 0.2) is 16.6 Å². The van der Waals surface area contributed by atoms with Gasteiger partial charge in [0.15, 0.2) is 5.96 Å². The van der Waals surface area contributed by atoms with E-state index in [0.29, 0.717) is 0 Å². The van der Waals surface area contributed by atoms with Crippen LogP contribution in [0, 0.1) is 13.8 Å². The summed E-state index contributed by atoms with van der Waals surface area (Å²) in [4.78, 5) is 16.3. The van der Waals surface area contributed by atoms with Gasteiger partial charge in [-0.1, -0.05) is 0 Å². The van der Waals surface area contributed by atoms with Crippen LogP contribution >= 0.6 is 22.7 Å². The van der Waals surface area contributed by atoms with Crippen molar-refractivity contribution in [2.24, 2.45) is 4.99 Å². The van der Waals surface area contributed by atoms with Crippen LogP contribution in [0.4, 0.5) is 0 Å². The lowest BCUT2D eigenvalue weighted by Gasteiger charge is -2.20. The van der Waals surface area contributed by atoms with Crippen LogP contribution in [0.3, 0.4) is 0 Å². The summed E-state index contributed by atoms with van der Waals surface area (Å²) < 4.78 is 0. The Morgan fingerprint density at radius 1 is 1.40 bits per heavy atom. The molecule has 0 aromatic carbocycles.